The number of aliphatic imine (C=N–C) groups is 1. The first-order chi connectivity index (χ1) is 13.9. The quantitative estimate of drug-likeness (QED) is 0.452. The largest absolute Gasteiger partial charge is 0.478 e. The van der Waals surface area contributed by atoms with Crippen LogP contribution in [0.3, 0.4) is 0 Å². The summed E-state index contributed by atoms with van der Waals surface area (Å²) in [7, 11) is 1.57. The molecule has 0 radical (unpaired) electrons. The van der Waals surface area contributed by atoms with Crippen molar-refractivity contribution in [1.82, 2.24) is 4.90 Å². The van der Waals surface area contributed by atoms with Crippen LogP contribution in [0.5, 0.6) is 0 Å². The standard InChI is InChI=1S/C20H15N3O5S/c1-22-18(24)17(11-5-7-13-6-2-3-10-16(13)23(27)28)29-20(22)21-15-9-4-8-14(12-15)19(25)26/h2-12H,1H3,(H,25,26)/b7-5+,17-11-,21-20?. The van der Waals surface area contributed by atoms with Crippen molar-refractivity contribution in [2.45, 2.75) is 0 Å². The Bertz CT molecular complexity index is 1090. The maximum atomic E-state index is 12.4. The number of benzene rings is 2. The van der Waals surface area contributed by atoms with Crippen LogP contribution in [0.1, 0.15) is 15.9 Å². The number of nitrogens with zero attached hydrogens (tertiary/aromatic N) is 3. The number of carboxylic acids is 1. The Balaban J connectivity index is 1.83. The number of carbonyl (C=O) groups excluding carboxylic acids is 1. The molecule has 1 saturated heterocycles. The van der Waals surface area contributed by atoms with Crippen LogP contribution in [0.2, 0.25) is 0 Å². The summed E-state index contributed by atoms with van der Waals surface area (Å²) in [5, 5.41) is 20.5. The van der Waals surface area contributed by atoms with E-state index >= 15 is 0 Å². The zero-order valence-electron chi connectivity index (χ0n) is 15.2. The maximum absolute atomic E-state index is 12.4. The number of hydrogen-bond donors (Lipinski definition) is 1. The Hall–Kier alpha value is -3.72. The minimum atomic E-state index is -1.06. The van der Waals surface area contributed by atoms with Crippen molar-refractivity contribution in [2.75, 3.05) is 7.05 Å². The number of amides is 1. The lowest BCUT2D eigenvalue weighted by molar-refractivity contribution is -0.385. The van der Waals surface area contributed by atoms with E-state index in [4.69, 9.17) is 5.11 Å². The summed E-state index contributed by atoms with van der Waals surface area (Å²) >= 11 is 1.14. The van der Waals surface area contributed by atoms with Gasteiger partial charge >= 0.3 is 5.97 Å². The molecule has 2 aromatic rings. The molecule has 1 amide bonds. The second-order valence-corrected chi connectivity index (χ2v) is 6.93. The van der Waals surface area contributed by atoms with Gasteiger partial charge in [0.2, 0.25) is 0 Å². The van der Waals surface area contributed by atoms with Gasteiger partial charge in [0.25, 0.3) is 11.6 Å². The maximum Gasteiger partial charge on any atom is 0.335 e. The molecule has 2 aromatic carbocycles. The molecule has 9 heteroatoms. The van der Waals surface area contributed by atoms with Gasteiger partial charge in [-0.05, 0) is 48.2 Å². The Morgan fingerprint density at radius 2 is 2.00 bits per heavy atom. The number of likely N-dealkylation sites (N-methyl/N-ethyl adjacent to an activating group) is 1. The molecular formula is C20H15N3O5S. The monoisotopic (exact) mass is 409 g/mol. The SMILES string of the molecule is CN1C(=O)/C(=C/C=C/c2ccccc2[N+](=O)[O-])SC1=Nc1cccc(C(=O)O)c1. The lowest BCUT2D eigenvalue weighted by atomic mass is 10.1. The molecule has 29 heavy (non-hydrogen) atoms. The van der Waals surface area contributed by atoms with Gasteiger partial charge < -0.3 is 5.11 Å². The molecule has 1 fully saturated rings. The van der Waals surface area contributed by atoms with Crippen LogP contribution in [0.15, 0.2) is 70.6 Å². The molecule has 0 spiro atoms. The number of nitro groups is 1. The highest BCUT2D eigenvalue weighted by molar-refractivity contribution is 8.18. The molecule has 1 aliphatic heterocycles. The van der Waals surface area contributed by atoms with Gasteiger partial charge in [-0.15, -0.1) is 0 Å². The van der Waals surface area contributed by atoms with Crippen molar-refractivity contribution in [3.8, 4) is 0 Å². The summed E-state index contributed by atoms with van der Waals surface area (Å²) < 4.78 is 0. The lowest BCUT2D eigenvalue weighted by Crippen LogP contribution is -2.23. The molecule has 1 aliphatic rings. The van der Waals surface area contributed by atoms with Crippen LogP contribution in [0.4, 0.5) is 11.4 Å². The van der Waals surface area contributed by atoms with Crippen LogP contribution in [0, 0.1) is 10.1 Å². The highest BCUT2D eigenvalue weighted by Crippen LogP contribution is 2.32. The van der Waals surface area contributed by atoms with E-state index < -0.39 is 10.9 Å². The molecule has 0 unspecified atom stereocenters. The topological polar surface area (TPSA) is 113 Å². The summed E-state index contributed by atoms with van der Waals surface area (Å²) in [4.78, 5) is 40.2. The molecule has 1 heterocycles. The van der Waals surface area contributed by atoms with Crippen molar-refractivity contribution in [1.29, 1.82) is 0 Å². The van der Waals surface area contributed by atoms with Gasteiger partial charge in [0, 0.05) is 13.1 Å². The molecule has 0 bridgehead atoms. The highest BCUT2D eigenvalue weighted by atomic mass is 32.2. The van der Waals surface area contributed by atoms with Gasteiger partial charge in [0.1, 0.15) is 0 Å². The summed E-state index contributed by atoms with van der Waals surface area (Å²) in [6.45, 7) is 0. The van der Waals surface area contributed by atoms with Gasteiger partial charge in [-0.2, -0.15) is 0 Å². The fourth-order valence-corrected chi connectivity index (χ4v) is 3.46. The van der Waals surface area contributed by atoms with Crippen LogP contribution < -0.4 is 0 Å². The van der Waals surface area contributed by atoms with Crippen molar-refractivity contribution >= 4 is 46.3 Å². The number of allylic oxidation sites excluding steroid dienone is 2. The molecule has 146 valence electrons. The predicted octanol–water partition coefficient (Wildman–Crippen LogP) is 4.08. The average Bonchev–Trinajstić information content (AvgIpc) is 2.96. The molecule has 3 rings (SSSR count). The molecule has 0 atom stereocenters. The molecule has 1 N–H and O–H groups in total. The zero-order chi connectivity index (χ0) is 21.0. The second-order valence-electron chi connectivity index (χ2n) is 5.92. The number of nitro benzene ring substituents is 1. The van der Waals surface area contributed by atoms with Crippen LogP contribution in [0.25, 0.3) is 6.08 Å². The minimum absolute atomic E-state index is 0.0229. The van der Waals surface area contributed by atoms with Crippen molar-refractivity contribution in [3.05, 3.63) is 86.8 Å². The number of aromatic carboxylic acids is 1. The van der Waals surface area contributed by atoms with E-state index in [9.17, 15) is 19.7 Å². The number of para-hydroxylation sites is 1. The third-order valence-corrected chi connectivity index (χ3v) is 5.06. The van der Waals surface area contributed by atoms with E-state index in [1.54, 1.807) is 55.6 Å². The Morgan fingerprint density at radius 1 is 1.24 bits per heavy atom. The van der Waals surface area contributed by atoms with Gasteiger partial charge in [-0.3, -0.25) is 19.8 Å². The fourth-order valence-electron chi connectivity index (χ4n) is 2.52. The van der Waals surface area contributed by atoms with E-state index in [1.807, 2.05) is 0 Å². The van der Waals surface area contributed by atoms with E-state index in [0.717, 1.165) is 11.8 Å². The van der Waals surface area contributed by atoms with E-state index in [1.165, 1.54) is 23.1 Å². The number of rotatable bonds is 5. The number of amidine groups is 1. The third kappa shape index (κ3) is 4.58. The number of carbonyl (C=O) groups is 2. The van der Waals surface area contributed by atoms with Crippen LogP contribution >= 0.6 is 11.8 Å². The molecule has 0 aromatic heterocycles. The van der Waals surface area contributed by atoms with Gasteiger partial charge in [-0.25, -0.2) is 9.79 Å². The molecule has 0 saturated carbocycles. The third-order valence-electron chi connectivity index (χ3n) is 3.98. The molecule has 8 nitrogen and oxygen atoms in total. The number of thioether (sulfide) groups is 1. The number of hydrogen-bond acceptors (Lipinski definition) is 6. The Labute approximate surface area is 170 Å². The van der Waals surface area contributed by atoms with Gasteiger partial charge in [0.15, 0.2) is 5.17 Å². The van der Waals surface area contributed by atoms with Crippen molar-refractivity contribution in [3.63, 3.8) is 0 Å². The summed E-state index contributed by atoms with van der Waals surface area (Å²) in [5.41, 5.74) is 0.929. The van der Waals surface area contributed by atoms with Crippen molar-refractivity contribution < 1.29 is 19.6 Å². The van der Waals surface area contributed by atoms with E-state index in [2.05, 4.69) is 4.99 Å². The molecular weight excluding hydrogens is 394 g/mol. The first-order valence-corrected chi connectivity index (χ1v) is 9.18. The second kappa shape index (κ2) is 8.53. The van der Waals surface area contributed by atoms with Crippen LogP contribution in [-0.2, 0) is 4.79 Å². The summed E-state index contributed by atoms with van der Waals surface area (Å²) in [6.07, 6.45) is 4.70. The van der Waals surface area contributed by atoms with E-state index in [0.29, 0.717) is 21.3 Å². The van der Waals surface area contributed by atoms with Crippen LogP contribution in [-0.4, -0.2) is 39.0 Å². The molecule has 0 aliphatic carbocycles. The van der Waals surface area contributed by atoms with Gasteiger partial charge in [-0.1, -0.05) is 24.3 Å². The summed E-state index contributed by atoms with van der Waals surface area (Å²) in [6, 6.07) is 12.4. The van der Waals surface area contributed by atoms with E-state index in [-0.39, 0.29) is 17.2 Å². The zero-order valence-corrected chi connectivity index (χ0v) is 16.0. The fraction of sp³-hybridized carbons (Fsp3) is 0.0500. The smallest absolute Gasteiger partial charge is 0.335 e. The summed E-state index contributed by atoms with van der Waals surface area (Å²) in [5.74, 6) is -1.33. The number of carboxylic acid groups (broad SMARTS) is 1. The Kier molecular flexibility index (Phi) is 5.89. The predicted molar refractivity (Wildman–Crippen MR) is 111 cm³/mol. The minimum Gasteiger partial charge on any atom is -0.478 e. The lowest BCUT2D eigenvalue weighted by Gasteiger charge is -2.07. The normalized spacial score (nSPS) is 16.9. The highest BCUT2D eigenvalue weighted by Gasteiger charge is 2.29. The Morgan fingerprint density at radius 3 is 2.72 bits per heavy atom. The first kappa shape index (κ1) is 20.0. The first-order valence-electron chi connectivity index (χ1n) is 8.36. The van der Waals surface area contributed by atoms with Gasteiger partial charge in [0.05, 0.1) is 26.6 Å². The van der Waals surface area contributed by atoms with Crippen molar-refractivity contribution in [2.24, 2.45) is 4.99 Å². The average molecular weight is 409 g/mol.